The molecule has 0 saturated heterocycles. The highest BCUT2D eigenvalue weighted by molar-refractivity contribution is 4.45. The molecule has 0 rings (SSSR count). The van der Waals surface area contributed by atoms with E-state index in [-0.39, 0.29) is 14.9 Å². The topological polar surface area (TPSA) is 26.0 Å². The van der Waals surface area contributed by atoms with Crippen LogP contribution in [0.25, 0.3) is 0 Å². The molecular formula is C7H21N. The van der Waals surface area contributed by atoms with Gasteiger partial charge in [0.2, 0.25) is 0 Å². The van der Waals surface area contributed by atoms with Crippen LogP contribution in [-0.4, -0.2) is 6.54 Å². The summed E-state index contributed by atoms with van der Waals surface area (Å²) in [5.74, 6) is 0.713. The first-order valence-electron chi connectivity index (χ1n) is 2.51. The minimum Gasteiger partial charge on any atom is -0.330 e. The first kappa shape index (κ1) is 15.7. The maximum absolute atomic E-state index is 5.28. The van der Waals surface area contributed by atoms with Gasteiger partial charge in [-0.1, -0.05) is 35.1 Å². The van der Waals surface area contributed by atoms with Crippen LogP contribution in [0.15, 0.2) is 0 Å². The van der Waals surface area contributed by atoms with Crippen molar-refractivity contribution in [1.82, 2.24) is 0 Å². The third-order valence-electron chi connectivity index (χ3n) is 1.10. The molecule has 0 aliphatic carbocycles. The molecule has 1 atom stereocenters. The molecule has 1 heteroatoms. The van der Waals surface area contributed by atoms with Gasteiger partial charge >= 0.3 is 0 Å². The highest BCUT2D eigenvalue weighted by Crippen LogP contribution is 1.93. The Bertz CT molecular complexity index is 23.6. The number of hydrogen-bond acceptors (Lipinski definition) is 1. The lowest BCUT2D eigenvalue weighted by Gasteiger charge is -1.98. The Hall–Kier alpha value is -0.0400. The minimum absolute atomic E-state index is 0. The van der Waals surface area contributed by atoms with Gasteiger partial charge in [0, 0.05) is 0 Å². The van der Waals surface area contributed by atoms with Gasteiger partial charge in [-0.3, -0.25) is 0 Å². The second-order valence-corrected chi connectivity index (χ2v) is 1.75. The van der Waals surface area contributed by atoms with Crippen LogP contribution in [0.4, 0.5) is 0 Å². The molecule has 0 aromatic carbocycles. The summed E-state index contributed by atoms with van der Waals surface area (Å²) in [6.07, 6.45) is 1.20. The van der Waals surface area contributed by atoms with Gasteiger partial charge in [-0.25, -0.2) is 0 Å². The summed E-state index contributed by atoms with van der Waals surface area (Å²) in [5.41, 5.74) is 5.28. The standard InChI is InChI=1S/C5H13N.2CH4/c1-3-5(2)4-6;;/h5H,3-4,6H2,1-2H3;2*1H4. The number of hydrogen-bond donors (Lipinski definition) is 1. The second-order valence-electron chi connectivity index (χ2n) is 1.75. The molecule has 8 heavy (non-hydrogen) atoms. The van der Waals surface area contributed by atoms with Gasteiger partial charge in [0.25, 0.3) is 0 Å². The molecule has 0 heterocycles. The largest absolute Gasteiger partial charge is 0.330 e. The zero-order valence-corrected chi connectivity index (χ0v) is 4.57. The van der Waals surface area contributed by atoms with Crippen LogP contribution in [0, 0.1) is 5.92 Å². The molecule has 1 nitrogen and oxygen atoms in total. The molecule has 0 bridgehead atoms. The van der Waals surface area contributed by atoms with Crippen LogP contribution in [0.3, 0.4) is 0 Å². The normalized spacial score (nSPS) is 10.9. The first-order chi connectivity index (χ1) is 2.81. The van der Waals surface area contributed by atoms with Crippen molar-refractivity contribution in [1.29, 1.82) is 0 Å². The Kier molecular flexibility index (Phi) is 19.7. The van der Waals surface area contributed by atoms with Gasteiger partial charge in [-0.2, -0.15) is 0 Å². The average molecular weight is 119 g/mol. The lowest BCUT2D eigenvalue weighted by Crippen LogP contribution is -2.08. The predicted octanol–water partition coefficient (Wildman–Crippen LogP) is 2.26. The first-order valence-corrected chi connectivity index (χ1v) is 2.51. The third-order valence-corrected chi connectivity index (χ3v) is 1.10. The van der Waals surface area contributed by atoms with E-state index in [2.05, 4.69) is 13.8 Å². The van der Waals surface area contributed by atoms with E-state index in [1.54, 1.807) is 0 Å². The van der Waals surface area contributed by atoms with Crippen LogP contribution in [0.2, 0.25) is 0 Å². The Balaban J connectivity index is -0.000000125. The molecule has 0 aromatic heterocycles. The van der Waals surface area contributed by atoms with Gasteiger partial charge in [-0.05, 0) is 12.5 Å². The summed E-state index contributed by atoms with van der Waals surface area (Å²) in [5, 5.41) is 0. The monoisotopic (exact) mass is 119 g/mol. The van der Waals surface area contributed by atoms with E-state index < -0.39 is 0 Å². The van der Waals surface area contributed by atoms with Crippen LogP contribution in [0.1, 0.15) is 35.1 Å². The Morgan fingerprint density at radius 3 is 1.75 bits per heavy atom. The SMILES string of the molecule is C.C.CCC(C)CN. The van der Waals surface area contributed by atoms with Gasteiger partial charge in [0.1, 0.15) is 0 Å². The summed E-state index contributed by atoms with van der Waals surface area (Å²) >= 11 is 0. The van der Waals surface area contributed by atoms with Gasteiger partial charge in [-0.15, -0.1) is 0 Å². The van der Waals surface area contributed by atoms with E-state index in [1.807, 2.05) is 0 Å². The van der Waals surface area contributed by atoms with E-state index in [0.717, 1.165) is 6.54 Å². The van der Waals surface area contributed by atoms with Crippen molar-refractivity contribution in [2.24, 2.45) is 11.7 Å². The van der Waals surface area contributed by atoms with Crippen molar-refractivity contribution >= 4 is 0 Å². The minimum atomic E-state index is 0. The van der Waals surface area contributed by atoms with Crippen LogP contribution >= 0.6 is 0 Å². The summed E-state index contributed by atoms with van der Waals surface area (Å²) in [7, 11) is 0. The third kappa shape index (κ3) is 9.35. The van der Waals surface area contributed by atoms with E-state index in [1.165, 1.54) is 6.42 Å². The van der Waals surface area contributed by atoms with Crippen LogP contribution < -0.4 is 5.73 Å². The Labute approximate surface area is 54.3 Å². The fraction of sp³-hybridized carbons (Fsp3) is 1.00. The fourth-order valence-electron chi connectivity index (χ4n) is 0.167. The van der Waals surface area contributed by atoms with E-state index >= 15 is 0 Å². The summed E-state index contributed by atoms with van der Waals surface area (Å²) in [4.78, 5) is 0. The maximum Gasteiger partial charge on any atom is -0.00516 e. The van der Waals surface area contributed by atoms with Gasteiger partial charge in [0.15, 0.2) is 0 Å². The van der Waals surface area contributed by atoms with Crippen molar-refractivity contribution in [3.05, 3.63) is 0 Å². The highest BCUT2D eigenvalue weighted by Gasteiger charge is 1.88. The molecule has 0 aliphatic heterocycles. The molecule has 0 fully saturated rings. The van der Waals surface area contributed by atoms with Gasteiger partial charge < -0.3 is 5.73 Å². The zero-order valence-electron chi connectivity index (χ0n) is 4.57. The van der Waals surface area contributed by atoms with Gasteiger partial charge in [0.05, 0.1) is 0 Å². The Morgan fingerprint density at radius 1 is 1.38 bits per heavy atom. The van der Waals surface area contributed by atoms with E-state index in [4.69, 9.17) is 5.73 Å². The maximum atomic E-state index is 5.28. The molecule has 0 aliphatic rings. The highest BCUT2D eigenvalue weighted by atomic mass is 14.5. The summed E-state index contributed by atoms with van der Waals surface area (Å²) in [6.45, 7) is 5.13. The summed E-state index contributed by atoms with van der Waals surface area (Å²) in [6, 6.07) is 0. The van der Waals surface area contributed by atoms with Crippen molar-refractivity contribution in [3.8, 4) is 0 Å². The lowest BCUT2D eigenvalue weighted by atomic mass is 10.1. The molecular weight excluding hydrogens is 98.1 g/mol. The molecule has 0 spiro atoms. The molecule has 2 N–H and O–H groups in total. The van der Waals surface area contributed by atoms with Crippen molar-refractivity contribution < 1.29 is 0 Å². The average Bonchev–Trinajstić information content (AvgIpc) is 1.65. The number of nitrogens with two attached hydrogens (primary N) is 1. The molecule has 54 valence electrons. The second kappa shape index (κ2) is 10.0. The Morgan fingerprint density at radius 2 is 1.75 bits per heavy atom. The van der Waals surface area contributed by atoms with Crippen molar-refractivity contribution in [2.75, 3.05) is 6.54 Å². The zero-order chi connectivity index (χ0) is 4.99. The quantitative estimate of drug-likeness (QED) is 0.593. The van der Waals surface area contributed by atoms with Crippen molar-refractivity contribution in [2.45, 2.75) is 35.1 Å². The van der Waals surface area contributed by atoms with Crippen molar-refractivity contribution in [3.63, 3.8) is 0 Å². The predicted molar refractivity (Wildman–Crippen MR) is 42.0 cm³/mol. The van der Waals surface area contributed by atoms with Crippen LogP contribution in [0.5, 0.6) is 0 Å². The smallest absolute Gasteiger partial charge is 0.00516 e. The molecule has 1 unspecified atom stereocenters. The molecule has 0 saturated carbocycles. The summed E-state index contributed by atoms with van der Waals surface area (Å²) < 4.78 is 0. The molecule has 0 amide bonds. The van der Waals surface area contributed by atoms with Crippen LogP contribution in [-0.2, 0) is 0 Å². The fourth-order valence-corrected chi connectivity index (χ4v) is 0.167. The number of rotatable bonds is 2. The molecule has 0 aromatic rings. The molecule has 0 radical (unpaired) electrons. The van der Waals surface area contributed by atoms with E-state index in [0.29, 0.717) is 5.92 Å². The van der Waals surface area contributed by atoms with E-state index in [9.17, 15) is 0 Å². The lowest BCUT2D eigenvalue weighted by molar-refractivity contribution is 0.576.